The minimum absolute atomic E-state index is 0.570. The summed E-state index contributed by atoms with van der Waals surface area (Å²) in [5.74, 6) is 1.52. The number of hydrogen-bond acceptors (Lipinski definition) is 4. The summed E-state index contributed by atoms with van der Waals surface area (Å²) in [5.41, 5.74) is 13.3. The number of aromatic nitrogens is 2. The fourth-order valence-electron chi connectivity index (χ4n) is 7.93. The molecule has 6 nitrogen and oxygen atoms in total. The third-order valence-electron chi connectivity index (χ3n) is 10.5. The van der Waals surface area contributed by atoms with E-state index in [0.717, 1.165) is 78.0 Å². The van der Waals surface area contributed by atoms with Crippen molar-refractivity contribution in [3.8, 4) is 57.3 Å². The Kier molecular flexibility index (Phi) is 7.69. The summed E-state index contributed by atoms with van der Waals surface area (Å²) in [6.07, 6.45) is 0. The predicted molar refractivity (Wildman–Crippen MR) is 218 cm³/mol. The Hall–Kier alpha value is -7.28. The Morgan fingerprint density at radius 1 is 0.444 bits per heavy atom. The number of benzene rings is 7. The average molecular weight is 699 g/mol. The van der Waals surface area contributed by atoms with Gasteiger partial charge in [0.15, 0.2) is 0 Å². The van der Waals surface area contributed by atoms with E-state index in [1.807, 2.05) is 48.5 Å². The second kappa shape index (κ2) is 12.7. The largest absolute Gasteiger partial charge is 0.497 e. The maximum Gasteiger partial charge on any atom is 0.119 e. The van der Waals surface area contributed by atoms with Gasteiger partial charge in [-0.1, -0.05) is 47.5 Å². The van der Waals surface area contributed by atoms with Crippen LogP contribution >= 0.6 is 0 Å². The maximum absolute atomic E-state index is 10.0. The average Bonchev–Trinajstić information content (AvgIpc) is 3.71. The van der Waals surface area contributed by atoms with Crippen LogP contribution in [0.1, 0.15) is 22.3 Å². The number of fused-ring (bicyclic) bond motifs is 6. The van der Waals surface area contributed by atoms with Crippen LogP contribution in [0.5, 0.6) is 11.5 Å². The van der Waals surface area contributed by atoms with Gasteiger partial charge in [0.2, 0.25) is 0 Å². The molecule has 0 atom stereocenters. The molecule has 0 N–H and O–H groups in total. The van der Waals surface area contributed by atoms with Crippen molar-refractivity contribution in [1.29, 1.82) is 10.5 Å². The lowest BCUT2D eigenvalue weighted by Gasteiger charge is -2.21. The Morgan fingerprint density at radius 2 is 0.852 bits per heavy atom. The van der Waals surface area contributed by atoms with E-state index in [4.69, 9.17) is 9.47 Å². The molecule has 0 amide bonds. The molecule has 0 bridgehead atoms. The smallest absolute Gasteiger partial charge is 0.119 e. The number of aryl methyl sites for hydroxylation is 2. The molecule has 0 aliphatic carbocycles. The van der Waals surface area contributed by atoms with Gasteiger partial charge < -0.3 is 18.6 Å². The summed E-state index contributed by atoms with van der Waals surface area (Å²) in [5, 5.41) is 24.5. The van der Waals surface area contributed by atoms with Crippen LogP contribution < -0.4 is 9.47 Å². The first-order valence-electron chi connectivity index (χ1n) is 17.8. The number of methoxy groups -OCH3 is 2. The number of ether oxygens (including phenoxy) is 2. The zero-order valence-corrected chi connectivity index (χ0v) is 30.3. The first-order chi connectivity index (χ1) is 26.4. The van der Waals surface area contributed by atoms with E-state index < -0.39 is 0 Å². The lowest BCUT2D eigenvalue weighted by Crippen LogP contribution is -2.04. The second-order valence-electron chi connectivity index (χ2n) is 13.7. The Balaban J connectivity index is 1.50. The molecule has 54 heavy (non-hydrogen) atoms. The SMILES string of the molecule is COc1ccc2c(c1)c1cc(OC)ccc1n2-c1cc(-n2c3ccc(C)cc3c3cc(C)ccc32)c(-c2cccc(C#N)c2)cc1-c1cccc(C#N)c1. The molecule has 0 saturated heterocycles. The van der Waals surface area contributed by atoms with E-state index in [9.17, 15) is 10.5 Å². The van der Waals surface area contributed by atoms with Gasteiger partial charge in [-0.05, 0) is 122 Å². The van der Waals surface area contributed by atoms with Crippen LogP contribution in [0.3, 0.4) is 0 Å². The van der Waals surface area contributed by atoms with E-state index in [1.54, 1.807) is 14.2 Å². The minimum Gasteiger partial charge on any atom is -0.497 e. The molecule has 258 valence electrons. The summed E-state index contributed by atoms with van der Waals surface area (Å²) in [6, 6.07) is 50.4. The fraction of sp³-hybridized carbons (Fsp3) is 0.0833. The Morgan fingerprint density at radius 3 is 1.26 bits per heavy atom. The van der Waals surface area contributed by atoms with Crippen LogP contribution in [-0.4, -0.2) is 23.4 Å². The molecule has 0 aliphatic rings. The number of rotatable bonds is 6. The topological polar surface area (TPSA) is 75.9 Å². The number of nitriles is 2. The van der Waals surface area contributed by atoms with Crippen molar-refractivity contribution in [3.63, 3.8) is 0 Å². The Bertz CT molecular complexity index is 2960. The third-order valence-corrected chi connectivity index (χ3v) is 10.5. The molecule has 2 heterocycles. The van der Waals surface area contributed by atoms with Crippen molar-refractivity contribution in [3.05, 3.63) is 156 Å². The molecule has 0 spiro atoms. The highest BCUT2D eigenvalue weighted by Gasteiger charge is 2.23. The van der Waals surface area contributed by atoms with Crippen LogP contribution in [0.15, 0.2) is 133 Å². The van der Waals surface area contributed by atoms with Gasteiger partial charge in [-0.3, -0.25) is 0 Å². The molecular weight excluding hydrogens is 665 g/mol. The summed E-state index contributed by atoms with van der Waals surface area (Å²) in [6.45, 7) is 4.26. The quantitative estimate of drug-likeness (QED) is 0.173. The highest BCUT2D eigenvalue weighted by atomic mass is 16.5. The van der Waals surface area contributed by atoms with E-state index >= 15 is 0 Å². The van der Waals surface area contributed by atoms with Gasteiger partial charge in [-0.25, -0.2) is 0 Å². The first kappa shape index (κ1) is 32.6. The second-order valence-corrected chi connectivity index (χ2v) is 13.7. The molecule has 9 rings (SSSR count). The van der Waals surface area contributed by atoms with Crippen LogP contribution in [0.2, 0.25) is 0 Å². The molecule has 0 unspecified atom stereocenters. The van der Waals surface area contributed by atoms with Crippen LogP contribution in [0.4, 0.5) is 0 Å². The zero-order valence-electron chi connectivity index (χ0n) is 30.3. The lowest BCUT2D eigenvalue weighted by molar-refractivity contribution is 0.415. The number of nitrogens with zero attached hydrogens (tertiary/aromatic N) is 4. The normalized spacial score (nSPS) is 11.3. The van der Waals surface area contributed by atoms with Crippen LogP contribution in [-0.2, 0) is 0 Å². The highest BCUT2D eigenvalue weighted by molar-refractivity contribution is 6.12. The summed E-state index contributed by atoms with van der Waals surface area (Å²) >= 11 is 0. The van der Waals surface area contributed by atoms with E-state index in [2.05, 4.69) is 120 Å². The third kappa shape index (κ3) is 5.16. The van der Waals surface area contributed by atoms with Gasteiger partial charge in [-0.2, -0.15) is 10.5 Å². The molecule has 7 aromatic carbocycles. The van der Waals surface area contributed by atoms with Crippen molar-refractivity contribution in [2.75, 3.05) is 14.2 Å². The van der Waals surface area contributed by atoms with Gasteiger partial charge >= 0.3 is 0 Å². The first-order valence-corrected chi connectivity index (χ1v) is 17.8. The molecule has 0 fully saturated rings. The molecule has 9 aromatic rings. The molecule has 0 aliphatic heterocycles. The van der Waals surface area contributed by atoms with Crippen molar-refractivity contribution < 1.29 is 9.47 Å². The van der Waals surface area contributed by atoms with Crippen LogP contribution in [0.25, 0.3) is 77.2 Å². The highest BCUT2D eigenvalue weighted by Crippen LogP contribution is 2.44. The molecule has 0 radical (unpaired) electrons. The molecule has 2 aromatic heterocycles. The van der Waals surface area contributed by atoms with E-state index in [-0.39, 0.29) is 0 Å². The van der Waals surface area contributed by atoms with E-state index in [0.29, 0.717) is 11.1 Å². The number of hydrogen-bond donors (Lipinski definition) is 0. The predicted octanol–water partition coefficient (Wildman–Crippen LogP) is 11.6. The maximum atomic E-state index is 10.0. The Labute approximate surface area is 312 Å². The monoisotopic (exact) mass is 698 g/mol. The molecule has 0 saturated carbocycles. The standard InChI is InChI=1S/C48H34N4O2/c1-29-11-15-43-39(19-29)40-20-30(2)12-16-44(40)51(43)47-26-48(52-45-17-13-35(53-3)23-41(45)42-24-36(54-4)14-18-46(42)52)38(34-10-6-8-32(22-34)28-50)25-37(47)33-9-5-7-31(21-33)27-49/h5-26H,1-4H3. The summed E-state index contributed by atoms with van der Waals surface area (Å²) < 4.78 is 16.1. The van der Waals surface area contributed by atoms with E-state index in [1.165, 1.54) is 21.9 Å². The van der Waals surface area contributed by atoms with Crippen molar-refractivity contribution >= 4 is 43.6 Å². The fourth-order valence-corrected chi connectivity index (χ4v) is 7.93. The van der Waals surface area contributed by atoms with Gasteiger partial charge in [0.25, 0.3) is 0 Å². The van der Waals surface area contributed by atoms with Crippen molar-refractivity contribution in [2.24, 2.45) is 0 Å². The summed E-state index contributed by atoms with van der Waals surface area (Å²) in [7, 11) is 3.37. The van der Waals surface area contributed by atoms with Gasteiger partial charge in [0.1, 0.15) is 11.5 Å². The van der Waals surface area contributed by atoms with Gasteiger partial charge in [-0.15, -0.1) is 0 Å². The summed E-state index contributed by atoms with van der Waals surface area (Å²) in [4.78, 5) is 0. The van der Waals surface area contributed by atoms with Crippen LogP contribution in [0, 0.1) is 36.5 Å². The molecular formula is C48H34N4O2. The van der Waals surface area contributed by atoms with Gasteiger partial charge in [0.05, 0.1) is 70.9 Å². The van der Waals surface area contributed by atoms with Gasteiger partial charge in [0, 0.05) is 32.7 Å². The zero-order chi connectivity index (χ0) is 37.1. The van der Waals surface area contributed by atoms with Crippen molar-refractivity contribution in [1.82, 2.24) is 9.13 Å². The lowest BCUT2D eigenvalue weighted by atomic mass is 9.93. The van der Waals surface area contributed by atoms with Crippen molar-refractivity contribution in [2.45, 2.75) is 13.8 Å². The molecule has 6 heteroatoms. The minimum atomic E-state index is 0.570.